The number of carbonyl (C=O) groups is 1. The van der Waals surface area contributed by atoms with Gasteiger partial charge in [0.15, 0.2) is 0 Å². The molecule has 4 aromatic rings. The molecule has 15 heteroatoms. The molecule has 0 spiro atoms. The number of aliphatic carboxylic acids is 1. The molecule has 0 atom stereocenters. The van der Waals surface area contributed by atoms with E-state index in [1.165, 1.54) is 16.2 Å². The normalized spacial score (nSPS) is 14.3. The summed E-state index contributed by atoms with van der Waals surface area (Å²) in [6.45, 7) is 4.18. The fourth-order valence-corrected chi connectivity index (χ4v) is 4.77. The maximum atomic E-state index is 12.2. The predicted octanol–water partition coefficient (Wildman–Crippen LogP) is 3.92. The summed E-state index contributed by atoms with van der Waals surface area (Å²) in [6.07, 6.45) is -2.14. The molecule has 2 aromatic carbocycles. The molecule has 11 nitrogen and oxygen atoms in total. The van der Waals surface area contributed by atoms with Crippen molar-refractivity contribution in [3.8, 4) is 11.3 Å². The van der Waals surface area contributed by atoms with Crippen molar-refractivity contribution in [3.05, 3.63) is 66.9 Å². The highest BCUT2D eigenvalue weighted by molar-refractivity contribution is 7.92. The minimum Gasteiger partial charge on any atom is -0.475 e. The number of fused-ring (bicyclic) bond motifs is 1. The highest BCUT2D eigenvalue weighted by Gasteiger charge is 2.38. The van der Waals surface area contributed by atoms with E-state index in [4.69, 9.17) is 15.0 Å². The largest absolute Gasteiger partial charge is 0.490 e. The second kappa shape index (κ2) is 12.2. The zero-order valence-corrected chi connectivity index (χ0v) is 23.9. The van der Waals surface area contributed by atoms with E-state index in [-0.39, 0.29) is 0 Å². The number of nitrogens with one attached hydrogen (secondary N) is 1. The summed E-state index contributed by atoms with van der Waals surface area (Å²) < 4.78 is 59.2. The number of benzene rings is 2. The van der Waals surface area contributed by atoms with Crippen molar-refractivity contribution < 1.29 is 31.5 Å². The molecule has 42 heavy (non-hydrogen) atoms. The molecule has 1 saturated heterocycles. The number of anilines is 4. The number of likely N-dealkylation sites (N-methyl/N-ethyl adjacent to an activating group) is 1. The molecular formula is C27H30F3N7O4S. The monoisotopic (exact) mass is 605 g/mol. The van der Waals surface area contributed by atoms with Crippen molar-refractivity contribution in [3.63, 3.8) is 0 Å². The van der Waals surface area contributed by atoms with Crippen LogP contribution in [-0.4, -0.2) is 91.7 Å². The summed E-state index contributed by atoms with van der Waals surface area (Å²) in [5.74, 6) is -2.30. The number of carboxylic acid groups (broad SMARTS) is 1. The van der Waals surface area contributed by atoms with Gasteiger partial charge in [0.1, 0.15) is 0 Å². The van der Waals surface area contributed by atoms with Crippen LogP contribution in [-0.2, 0) is 14.8 Å². The highest BCUT2D eigenvalue weighted by atomic mass is 32.2. The molecule has 0 unspecified atom stereocenters. The number of halogens is 3. The molecule has 0 bridgehead atoms. The van der Waals surface area contributed by atoms with Crippen LogP contribution in [0.3, 0.4) is 0 Å². The Morgan fingerprint density at radius 1 is 1.00 bits per heavy atom. The van der Waals surface area contributed by atoms with Crippen molar-refractivity contribution >= 4 is 44.5 Å². The molecule has 5 rings (SSSR count). The fraction of sp³-hybridized carbons (Fsp3) is 0.296. The quantitative estimate of drug-likeness (QED) is 0.337. The van der Waals surface area contributed by atoms with Crippen molar-refractivity contribution in [1.82, 2.24) is 19.5 Å². The Bertz CT molecular complexity index is 1650. The van der Waals surface area contributed by atoms with Crippen LogP contribution in [0.25, 0.3) is 16.8 Å². The number of hydrogen-bond donors (Lipinski definition) is 2. The molecule has 0 radical (unpaired) electrons. The molecule has 2 aromatic heterocycles. The number of sulfonamides is 1. The Hall–Kier alpha value is -4.37. The van der Waals surface area contributed by atoms with Gasteiger partial charge in [-0.05, 0) is 49.5 Å². The Kier molecular flexibility index (Phi) is 8.92. The summed E-state index contributed by atoms with van der Waals surface area (Å²) in [6, 6.07) is 19.5. The summed E-state index contributed by atoms with van der Waals surface area (Å²) in [5, 5.41) is 15.1. The lowest BCUT2D eigenvalue weighted by Gasteiger charge is -2.34. The molecule has 1 aliphatic heterocycles. The number of hydrogen-bond acceptors (Lipinski definition) is 8. The van der Waals surface area contributed by atoms with E-state index in [1.807, 2.05) is 42.5 Å². The van der Waals surface area contributed by atoms with Crippen molar-refractivity contribution in [2.75, 3.05) is 61.1 Å². The Labute approximate surface area is 240 Å². The van der Waals surface area contributed by atoms with Crippen LogP contribution in [0.5, 0.6) is 0 Å². The van der Waals surface area contributed by atoms with Gasteiger partial charge in [0, 0.05) is 50.2 Å². The van der Waals surface area contributed by atoms with Gasteiger partial charge >= 0.3 is 12.1 Å². The first-order valence-corrected chi connectivity index (χ1v) is 14.6. The van der Waals surface area contributed by atoms with E-state index in [0.29, 0.717) is 11.6 Å². The van der Waals surface area contributed by atoms with Crippen LogP contribution in [0.15, 0.2) is 66.9 Å². The van der Waals surface area contributed by atoms with Crippen molar-refractivity contribution in [2.45, 2.75) is 6.18 Å². The van der Waals surface area contributed by atoms with Gasteiger partial charge < -0.3 is 20.2 Å². The van der Waals surface area contributed by atoms with Gasteiger partial charge in [0.25, 0.3) is 0 Å². The Balaban J connectivity index is 0.000000517. The molecule has 1 fully saturated rings. The number of rotatable bonds is 6. The standard InChI is InChI=1S/C25H29N7O2S.C2HF3O2/c1-29-14-16-31(17-15-29)20-10-8-19(9-11-20)27-25-26-18-21-12-13-24(32(21)28-25)22-6-4-5-7-23(22)30(2)35(3,33)34;3-2(4,5)1(6)7/h4-13,18H,14-17H2,1-3H3,(H,27,28);(H,6,7). The van der Waals surface area contributed by atoms with Gasteiger partial charge in [-0.25, -0.2) is 22.7 Å². The van der Waals surface area contributed by atoms with E-state index < -0.39 is 22.2 Å². The Morgan fingerprint density at radius 2 is 1.62 bits per heavy atom. The number of nitrogens with zero attached hydrogens (tertiary/aromatic N) is 6. The first kappa shape index (κ1) is 30.6. The maximum Gasteiger partial charge on any atom is 0.490 e. The van der Waals surface area contributed by atoms with E-state index in [2.05, 4.69) is 39.3 Å². The van der Waals surface area contributed by atoms with Crippen LogP contribution < -0.4 is 14.5 Å². The third kappa shape index (κ3) is 7.28. The van der Waals surface area contributed by atoms with Crippen LogP contribution in [0.1, 0.15) is 0 Å². The summed E-state index contributed by atoms with van der Waals surface area (Å²) in [4.78, 5) is 18.1. The summed E-state index contributed by atoms with van der Waals surface area (Å²) in [5.41, 5.74) is 5.05. The van der Waals surface area contributed by atoms with Gasteiger partial charge in [0.05, 0.1) is 29.4 Å². The number of carboxylic acids is 1. The number of aromatic nitrogens is 3. The predicted molar refractivity (Wildman–Crippen MR) is 155 cm³/mol. The van der Waals surface area contributed by atoms with Gasteiger partial charge in [-0.2, -0.15) is 13.2 Å². The molecular weight excluding hydrogens is 575 g/mol. The third-order valence-electron chi connectivity index (χ3n) is 6.65. The lowest BCUT2D eigenvalue weighted by molar-refractivity contribution is -0.192. The average Bonchev–Trinajstić information content (AvgIpc) is 3.36. The van der Waals surface area contributed by atoms with E-state index in [1.54, 1.807) is 23.8 Å². The smallest absolute Gasteiger partial charge is 0.475 e. The minimum atomic E-state index is -5.08. The van der Waals surface area contributed by atoms with E-state index >= 15 is 0 Å². The SMILES string of the molecule is CN1CCN(c2ccc(Nc3ncc4ccc(-c5ccccc5N(C)S(C)(=O)=O)n4n3)cc2)CC1.O=C(O)C(F)(F)F. The van der Waals surface area contributed by atoms with Crippen LogP contribution >= 0.6 is 0 Å². The van der Waals surface area contributed by atoms with Crippen LogP contribution in [0.2, 0.25) is 0 Å². The zero-order valence-electron chi connectivity index (χ0n) is 23.1. The first-order chi connectivity index (χ1) is 19.7. The lowest BCUT2D eigenvalue weighted by Crippen LogP contribution is -2.44. The Morgan fingerprint density at radius 3 is 2.21 bits per heavy atom. The summed E-state index contributed by atoms with van der Waals surface area (Å²) >= 11 is 0. The maximum absolute atomic E-state index is 12.2. The highest BCUT2D eigenvalue weighted by Crippen LogP contribution is 2.32. The molecule has 3 heterocycles. The molecule has 0 saturated carbocycles. The van der Waals surface area contributed by atoms with Gasteiger partial charge in [0.2, 0.25) is 16.0 Å². The topological polar surface area (TPSA) is 123 Å². The van der Waals surface area contributed by atoms with Gasteiger partial charge in [-0.1, -0.05) is 18.2 Å². The van der Waals surface area contributed by atoms with E-state index in [9.17, 15) is 21.6 Å². The number of para-hydroxylation sites is 1. The van der Waals surface area contributed by atoms with Crippen molar-refractivity contribution in [2.24, 2.45) is 0 Å². The fourth-order valence-electron chi connectivity index (χ4n) is 4.26. The third-order valence-corrected chi connectivity index (χ3v) is 7.84. The minimum absolute atomic E-state index is 0.455. The second-order valence-electron chi connectivity index (χ2n) is 9.65. The summed E-state index contributed by atoms with van der Waals surface area (Å²) in [7, 11) is 0.293. The van der Waals surface area contributed by atoms with Crippen LogP contribution in [0.4, 0.5) is 36.2 Å². The zero-order chi connectivity index (χ0) is 30.7. The van der Waals surface area contributed by atoms with E-state index in [0.717, 1.165) is 48.6 Å². The first-order valence-electron chi connectivity index (χ1n) is 12.7. The molecule has 224 valence electrons. The molecule has 2 N–H and O–H groups in total. The molecule has 1 aliphatic rings. The van der Waals surface area contributed by atoms with Gasteiger partial charge in [-0.3, -0.25) is 4.31 Å². The number of alkyl halides is 3. The molecule has 0 amide bonds. The average molecular weight is 606 g/mol. The van der Waals surface area contributed by atoms with Crippen LogP contribution in [0, 0.1) is 0 Å². The van der Waals surface area contributed by atoms with Crippen molar-refractivity contribution in [1.29, 1.82) is 0 Å². The number of piperazine rings is 1. The second-order valence-corrected chi connectivity index (χ2v) is 11.7. The lowest BCUT2D eigenvalue weighted by atomic mass is 10.1. The molecule has 0 aliphatic carbocycles. The van der Waals surface area contributed by atoms with Gasteiger partial charge in [-0.15, -0.1) is 5.10 Å².